The lowest BCUT2D eigenvalue weighted by Gasteiger charge is -2.18. The number of carbonyl (C=O) groups excluding carboxylic acids is 2. The Bertz CT molecular complexity index is 727. The van der Waals surface area contributed by atoms with Gasteiger partial charge in [0.2, 0.25) is 0 Å². The molecule has 0 radical (unpaired) electrons. The average molecular weight is 343 g/mol. The number of anilines is 1. The average Bonchev–Trinajstić information content (AvgIpc) is 2.66. The van der Waals surface area contributed by atoms with Gasteiger partial charge < -0.3 is 19.5 Å². The van der Waals surface area contributed by atoms with Crippen LogP contribution >= 0.6 is 0 Å². The summed E-state index contributed by atoms with van der Waals surface area (Å²) in [4.78, 5) is 24.3. The molecule has 0 aliphatic carbocycles. The highest BCUT2D eigenvalue weighted by atomic mass is 16.5. The molecule has 0 aromatic heterocycles. The predicted molar refractivity (Wildman–Crippen MR) is 94.1 cm³/mol. The van der Waals surface area contributed by atoms with Crippen molar-refractivity contribution in [2.75, 3.05) is 19.5 Å². The molecule has 6 heteroatoms. The zero-order chi connectivity index (χ0) is 18.2. The van der Waals surface area contributed by atoms with Crippen molar-refractivity contribution >= 4 is 17.6 Å². The second-order valence-corrected chi connectivity index (χ2v) is 5.22. The zero-order valence-corrected chi connectivity index (χ0v) is 14.4. The topological polar surface area (TPSA) is 73.9 Å². The van der Waals surface area contributed by atoms with Gasteiger partial charge in [-0.2, -0.15) is 0 Å². The van der Waals surface area contributed by atoms with Gasteiger partial charge in [0.25, 0.3) is 5.91 Å². The first kappa shape index (κ1) is 18.3. The Labute approximate surface area is 146 Å². The molecule has 0 aliphatic heterocycles. The summed E-state index contributed by atoms with van der Waals surface area (Å²) >= 11 is 0. The van der Waals surface area contributed by atoms with E-state index in [4.69, 9.17) is 14.2 Å². The first-order valence-electron chi connectivity index (χ1n) is 7.88. The second kappa shape index (κ2) is 8.73. The second-order valence-electron chi connectivity index (χ2n) is 5.22. The molecule has 0 saturated carbocycles. The lowest BCUT2D eigenvalue weighted by molar-refractivity contribution is -0.122. The van der Waals surface area contributed by atoms with Crippen molar-refractivity contribution in [1.82, 2.24) is 0 Å². The van der Waals surface area contributed by atoms with Gasteiger partial charge in [-0.3, -0.25) is 4.79 Å². The smallest absolute Gasteiger partial charge is 0.339 e. The zero-order valence-electron chi connectivity index (χ0n) is 14.4. The number of carbonyl (C=O) groups is 2. The van der Waals surface area contributed by atoms with Crippen molar-refractivity contribution in [3.05, 3.63) is 54.1 Å². The summed E-state index contributed by atoms with van der Waals surface area (Å²) in [6, 6.07) is 13.6. The molecule has 2 aromatic carbocycles. The first-order chi connectivity index (χ1) is 12.1. The summed E-state index contributed by atoms with van der Waals surface area (Å²) in [5.41, 5.74) is 0.675. The van der Waals surface area contributed by atoms with Crippen LogP contribution in [0.2, 0.25) is 0 Å². The lowest BCUT2D eigenvalue weighted by Crippen LogP contribution is -2.32. The number of hydrogen-bond donors (Lipinski definition) is 1. The number of hydrogen-bond acceptors (Lipinski definition) is 5. The number of para-hydroxylation sites is 1. The minimum Gasteiger partial charge on any atom is -0.497 e. The van der Waals surface area contributed by atoms with Gasteiger partial charge in [0.05, 0.1) is 25.5 Å². The van der Waals surface area contributed by atoms with E-state index < -0.39 is 12.1 Å². The largest absolute Gasteiger partial charge is 0.497 e. The molecule has 6 nitrogen and oxygen atoms in total. The Morgan fingerprint density at radius 3 is 2.24 bits per heavy atom. The van der Waals surface area contributed by atoms with Gasteiger partial charge in [-0.05, 0) is 42.8 Å². The highest BCUT2D eigenvalue weighted by Gasteiger charge is 2.21. The van der Waals surface area contributed by atoms with E-state index >= 15 is 0 Å². The van der Waals surface area contributed by atoms with Gasteiger partial charge in [-0.15, -0.1) is 0 Å². The van der Waals surface area contributed by atoms with Gasteiger partial charge in [-0.1, -0.05) is 19.1 Å². The Balaban J connectivity index is 2.11. The van der Waals surface area contributed by atoms with Crippen LogP contribution in [0.5, 0.6) is 11.5 Å². The predicted octanol–water partition coefficient (Wildman–Crippen LogP) is 3.28. The molecule has 2 rings (SSSR count). The molecule has 1 amide bonds. The van der Waals surface area contributed by atoms with E-state index in [9.17, 15) is 9.59 Å². The Morgan fingerprint density at radius 1 is 1.00 bits per heavy atom. The van der Waals surface area contributed by atoms with Gasteiger partial charge in [-0.25, -0.2) is 4.79 Å². The minimum absolute atomic E-state index is 0.289. The van der Waals surface area contributed by atoms with Gasteiger partial charge >= 0.3 is 5.97 Å². The summed E-state index contributed by atoms with van der Waals surface area (Å²) in [7, 11) is 2.87. The molecule has 0 bridgehead atoms. The number of benzene rings is 2. The third-order valence-electron chi connectivity index (χ3n) is 3.59. The van der Waals surface area contributed by atoms with Crippen molar-refractivity contribution < 1.29 is 23.8 Å². The molecular weight excluding hydrogens is 322 g/mol. The summed E-state index contributed by atoms with van der Waals surface area (Å²) < 4.78 is 15.6. The van der Waals surface area contributed by atoms with Gasteiger partial charge in [0.1, 0.15) is 11.5 Å². The van der Waals surface area contributed by atoms with E-state index in [1.807, 2.05) is 6.92 Å². The van der Waals surface area contributed by atoms with Crippen LogP contribution in [-0.4, -0.2) is 32.2 Å². The molecule has 0 unspecified atom stereocenters. The van der Waals surface area contributed by atoms with E-state index in [0.717, 1.165) is 0 Å². The maximum Gasteiger partial charge on any atom is 0.339 e. The van der Waals surface area contributed by atoms with E-state index in [0.29, 0.717) is 23.6 Å². The maximum absolute atomic E-state index is 12.5. The molecule has 0 saturated heterocycles. The monoisotopic (exact) mass is 343 g/mol. The highest BCUT2D eigenvalue weighted by Crippen LogP contribution is 2.21. The molecule has 0 aliphatic rings. The Morgan fingerprint density at radius 2 is 1.64 bits per heavy atom. The van der Waals surface area contributed by atoms with Gasteiger partial charge in [0, 0.05) is 0 Å². The number of nitrogens with one attached hydrogen (secondary N) is 1. The molecule has 0 heterocycles. The summed E-state index contributed by atoms with van der Waals surface area (Å²) in [6.45, 7) is 1.85. The Kier molecular flexibility index (Phi) is 6.39. The molecule has 0 fully saturated rings. The maximum atomic E-state index is 12.5. The number of rotatable bonds is 7. The summed E-state index contributed by atoms with van der Waals surface area (Å²) in [5, 5.41) is 2.73. The number of methoxy groups -OCH3 is 2. The van der Waals surface area contributed by atoms with Crippen molar-refractivity contribution in [2.45, 2.75) is 19.4 Å². The SMILES string of the molecule is CC[C@H](Oc1ccc(OC)cc1)C(=O)Nc1ccccc1C(=O)OC. The molecule has 1 N–H and O–H groups in total. The van der Waals surface area contributed by atoms with Crippen LogP contribution in [0.15, 0.2) is 48.5 Å². The molecule has 25 heavy (non-hydrogen) atoms. The van der Waals surface area contributed by atoms with E-state index in [2.05, 4.69) is 5.32 Å². The molecule has 2 aromatic rings. The molecule has 0 spiro atoms. The summed E-state index contributed by atoms with van der Waals surface area (Å²) in [5.74, 6) is 0.413. The van der Waals surface area contributed by atoms with Gasteiger partial charge in [0.15, 0.2) is 6.10 Å². The fourth-order valence-electron chi connectivity index (χ4n) is 2.23. The number of esters is 1. The third-order valence-corrected chi connectivity index (χ3v) is 3.59. The highest BCUT2D eigenvalue weighted by molar-refractivity contribution is 6.02. The number of ether oxygens (including phenoxy) is 3. The van der Waals surface area contributed by atoms with Crippen LogP contribution in [0.25, 0.3) is 0 Å². The molecular formula is C19H21NO5. The van der Waals surface area contributed by atoms with Crippen molar-refractivity contribution in [3.8, 4) is 11.5 Å². The van der Waals surface area contributed by atoms with Crippen molar-refractivity contribution in [3.63, 3.8) is 0 Å². The van der Waals surface area contributed by atoms with E-state index in [-0.39, 0.29) is 11.5 Å². The Hall–Kier alpha value is -3.02. The first-order valence-corrected chi connectivity index (χ1v) is 7.88. The van der Waals surface area contributed by atoms with Crippen LogP contribution < -0.4 is 14.8 Å². The number of amides is 1. The van der Waals surface area contributed by atoms with Crippen LogP contribution in [0.3, 0.4) is 0 Å². The van der Waals surface area contributed by atoms with E-state index in [1.165, 1.54) is 7.11 Å². The normalized spacial score (nSPS) is 11.3. The molecule has 132 valence electrons. The van der Waals surface area contributed by atoms with Crippen LogP contribution in [0, 0.1) is 0 Å². The van der Waals surface area contributed by atoms with Crippen LogP contribution in [-0.2, 0) is 9.53 Å². The van der Waals surface area contributed by atoms with Crippen LogP contribution in [0.4, 0.5) is 5.69 Å². The van der Waals surface area contributed by atoms with E-state index in [1.54, 1.807) is 55.6 Å². The van der Waals surface area contributed by atoms with Crippen molar-refractivity contribution in [1.29, 1.82) is 0 Å². The van der Waals surface area contributed by atoms with Crippen LogP contribution in [0.1, 0.15) is 23.7 Å². The lowest BCUT2D eigenvalue weighted by atomic mass is 10.1. The minimum atomic E-state index is -0.695. The quantitative estimate of drug-likeness (QED) is 0.781. The summed E-state index contributed by atoms with van der Waals surface area (Å²) in [6.07, 6.45) is -0.225. The fraction of sp³-hybridized carbons (Fsp3) is 0.263. The third kappa shape index (κ3) is 4.73. The standard InChI is InChI=1S/C19H21NO5/c1-4-17(25-14-11-9-13(23-2)10-12-14)18(21)20-16-8-6-5-7-15(16)19(22)24-3/h5-12,17H,4H2,1-3H3,(H,20,21)/t17-/m0/s1. The fourth-order valence-corrected chi connectivity index (χ4v) is 2.23. The van der Waals surface area contributed by atoms with Crippen molar-refractivity contribution in [2.24, 2.45) is 0 Å². The molecule has 1 atom stereocenters.